The molecule has 0 aliphatic carbocycles. The number of aryl methyl sites for hydroxylation is 1. The molecule has 1 aromatic rings. The monoisotopic (exact) mass is 238 g/mol. The summed E-state index contributed by atoms with van der Waals surface area (Å²) in [6, 6.07) is 0. The number of aliphatic hydroxyl groups excluding tert-OH is 1. The van der Waals surface area contributed by atoms with Gasteiger partial charge < -0.3 is 9.84 Å². The van der Waals surface area contributed by atoms with Gasteiger partial charge in [0.25, 0.3) is 0 Å². The summed E-state index contributed by atoms with van der Waals surface area (Å²) in [5.41, 5.74) is 0.930. The summed E-state index contributed by atoms with van der Waals surface area (Å²) < 4.78 is 7.41. The van der Waals surface area contributed by atoms with Crippen LogP contribution in [0.3, 0.4) is 0 Å². The molecule has 1 aromatic heterocycles. The highest BCUT2D eigenvalue weighted by Crippen LogP contribution is 2.22. The van der Waals surface area contributed by atoms with Crippen molar-refractivity contribution in [2.45, 2.75) is 57.8 Å². The van der Waals surface area contributed by atoms with E-state index in [0.29, 0.717) is 6.10 Å². The van der Waals surface area contributed by atoms with Crippen LogP contribution in [0.2, 0.25) is 0 Å². The Morgan fingerprint density at radius 3 is 3.18 bits per heavy atom. The van der Waals surface area contributed by atoms with Crippen molar-refractivity contribution in [1.82, 2.24) is 9.78 Å². The molecule has 4 nitrogen and oxygen atoms in total. The number of aliphatic hydroxyl groups is 1. The van der Waals surface area contributed by atoms with E-state index in [1.807, 2.05) is 17.8 Å². The molecule has 96 valence electrons. The molecule has 1 aliphatic rings. The Balaban J connectivity index is 1.70. The summed E-state index contributed by atoms with van der Waals surface area (Å²) in [5, 5.41) is 14.2. The number of ether oxygens (including phenoxy) is 1. The molecule has 2 heterocycles. The third-order valence-electron chi connectivity index (χ3n) is 3.39. The molecule has 1 fully saturated rings. The Morgan fingerprint density at radius 1 is 1.65 bits per heavy atom. The Morgan fingerprint density at radius 2 is 2.53 bits per heavy atom. The van der Waals surface area contributed by atoms with Crippen LogP contribution in [0.5, 0.6) is 0 Å². The van der Waals surface area contributed by atoms with E-state index in [1.165, 1.54) is 12.8 Å². The van der Waals surface area contributed by atoms with Gasteiger partial charge in [0.1, 0.15) is 0 Å². The Labute approximate surface area is 103 Å². The van der Waals surface area contributed by atoms with Crippen molar-refractivity contribution in [3.05, 3.63) is 18.0 Å². The molecule has 4 heteroatoms. The molecule has 17 heavy (non-hydrogen) atoms. The predicted octanol–water partition coefficient (Wildman–Crippen LogP) is 2.29. The molecule has 1 N–H and O–H groups in total. The maximum atomic E-state index is 10.0. The molecule has 1 aliphatic heterocycles. The van der Waals surface area contributed by atoms with Crippen molar-refractivity contribution in [2.75, 3.05) is 6.61 Å². The summed E-state index contributed by atoms with van der Waals surface area (Å²) in [5.74, 6) is 0. The standard InChI is InChI=1S/C13H22N2O2/c1-2-15-10-11(9-14-15)13(16)7-3-5-12-6-4-8-17-12/h9-10,12-13,16H,2-8H2,1H3. The first-order chi connectivity index (χ1) is 8.29. The van der Waals surface area contributed by atoms with Gasteiger partial charge in [-0.05, 0) is 39.0 Å². The molecule has 2 unspecified atom stereocenters. The number of hydrogen-bond donors (Lipinski definition) is 1. The first kappa shape index (κ1) is 12.6. The van der Waals surface area contributed by atoms with Crippen LogP contribution < -0.4 is 0 Å². The fourth-order valence-corrected chi connectivity index (χ4v) is 2.30. The SMILES string of the molecule is CCn1cc(C(O)CCCC2CCCO2)cn1. The topological polar surface area (TPSA) is 47.3 Å². The summed E-state index contributed by atoms with van der Waals surface area (Å²) in [6.07, 6.45) is 9.01. The zero-order valence-corrected chi connectivity index (χ0v) is 10.5. The minimum Gasteiger partial charge on any atom is -0.388 e. The van der Waals surface area contributed by atoms with E-state index >= 15 is 0 Å². The van der Waals surface area contributed by atoms with Crippen molar-refractivity contribution in [1.29, 1.82) is 0 Å². The minimum atomic E-state index is -0.378. The van der Waals surface area contributed by atoms with Gasteiger partial charge in [-0.3, -0.25) is 4.68 Å². The number of nitrogens with zero attached hydrogens (tertiary/aromatic N) is 2. The number of hydrogen-bond acceptors (Lipinski definition) is 3. The average molecular weight is 238 g/mol. The molecule has 1 saturated heterocycles. The Kier molecular flexibility index (Phi) is 4.57. The van der Waals surface area contributed by atoms with Gasteiger partial charge >= 0.3 is 0 Å². The Hall–Kier alpha value is -0.870. The van der Waals surface area contributed by atoms with Gasteiger partial charge in [0.15, 0.2) is 0 Å². The second kappa shape index (κ2) is 6.17. The lowest BCUT2D eigenvalue weighted by Crippen LogP contribution is -2.05. The van der Waals surface area contributed by atoms with Crippen LogP contribution >= 0.6 is 0 Å². The van der Waals surface area contributed by atoms with Crippen LogP contribution in [-0.4, -0.2) is 27.6 Å². The van der Waals surface area contributed by atoms with Gasteiger partial charge in [-0.25, -0.2) is 0 Å². The van der Waals surface area contributed by atoms with Crippen molar-refractivity contribution < 1.29 is 9.84 Å². The van der Waals surface area contributed by atoms with Gasteiger partial charge in [-0.2, -0.15) is 5.10 Å². The van der Waals surface area contributed by atoms with E-state index in [1.54, 1.807) is 6.20 Å². The summed E-state index contributed by atoms with van der Waals surface area (Å²) in [6.45, 7) is 3.81. The van der Waals surface area contributed by atoms with Crippen molar-refractivity contribution in [2.24, 2.45) is 0 Å². The van der Waals surface area contributed by atoms with E-state index in [4.69, 9.17) is 4.74 Å². The molecule has 0 aromatic carbocycles. The van der Waals surface area contributed by atoms with Crippen LogP contribution in [-0.2, 0) is 11.3 Å². The van der Waals surface area contributed by atoms with Crippen LogP contribution in [0, 0.1) is 0 Å². The molecule has 0 saturated carbocycles. The van der Waals surface area contributed by atoms with E-state index in [0.717, 1.165) is 38.0 Å². The third kappa shape index (κ3) is 3.54. The lowest BCUT2D eigenvalue weighted by molar-refractivity contribution is 0.0944. The van der Waals surface area contributed by atoms with E-state index < -0.39 is 0 Å². The highest BCUT2D eigenvalue weighted by Gasteiger charge is 2.16. The second-order valence-corrected chi connectivity index (χ2v) is 4.71. The van der Waals surface area contributed by atoms with Crippen LogP contribution in [0.15, 0.2) is 12.4 Å². The zero-order chi connectivity index (χ0) is 12.1. The third-order valence-corrected chi connectivity index (χ3v) is 3.39. The molecule has 0 spiro atoms. The van der Waals surface area contributed by atoms with Gasteiger partial charge in [-0.1, -0.05) is 0 Å². The molecule has 0 bridgehead atoms. The van der Waals surface area contributed by atoms with Crippen molar-refractivity contribution in [3.63, 3.8) is 0 Å². The largest absolute Gasteiger partial charge is 0.388 e. The number of aromatic nitrogens is 2. The summed E-state index contributed by atoms with van der Waals surface area (Å²) in [4.78, 5) is 0. The first-order valence-electron chi connectivity index (χ1n) is 6.61. The fourth-order valence-electron chi connectivity index (χ4n) is 2.30. The van der Waals surface area contributed by atoms with E-state index in [9.17, 15) is 5.11 Å². The highest BCUT2D eigenvalue weighted by molar-refractivity contribution is 5.07. The lowest BCUT2D eigenvalue weighted by atomic mass is 10.0. The smallest absolute Gasteiger partial charge is 0.0820 e. The van der Waals surface area contributed by atoms with Gasteiger partial charge in [-0.15, -0.1) is 0 Å². The second-order valence-electron chi connectivity index (χ2n) is 4.71. The Bertz CT molecular complexity index is 332. The van der Waals surface area contributed by atoms with E-state index in [2.05, 4.69) is 5.10 Å². The number of rotatable bonds is 6. The van der Waals surface area contributed by atoms with E-state index in [-0.39, 0.29) is 6.10 Å². The predicted molar refractivity (Wildman–Crippen MR) is 65.7 cm³/mol. The van der Waals surface area contributed by atoms with Crippen molar-refractivity contribution >= 4 is 0 Å². The molecular weight excluding hydrogens is 216 g/mol. The average Bonchev–Trinajstić information content (AvgIpc) is 2.99. The van der Waals surface area contributed by atoms with Crippen LogP contribution in [0.1, 0.15) is 50.7 Å². The minimum absolute atomic E-state index is 0.378. The molecular formula is C13H22N2O2. The molecule has 2 atom stereocenters. The molecule has 2 rings (SSSR count). The van der Waals surface area contributed by atoms with Crippen molar-refractivity contribution in [3.8, 4) is 0 Å². The summed E-state index contributed by atoms with van der Waals surface area (Å²) >= 11 is 0. The normalized spacial score (nSPS) is 21.9. The highest BCUT2D eigenvalue weighted by atomic mass is 16.5. The fraction of sp³-hybridized carbons (Fsp3) is 0.769. The summed E-state index contributed by atoms with van der Waals surface area (Å²) in [7, 11) is 0. The van der Waals surface area contributed by atoms with Crippen LogP contribution in [0.25, 0.3) is 0 Å². The van der Waals surface area contributed by atoms with Gasteiger partial charge in [0.05, 0.1) is 18.4 Å². The molecule has 0 amide bonds. The quantitative estimate of drug-likeness (QED) is 0.827. The van der Waals surface area contributed by atoms with Gasteiger partial charge in [0, 0.05) is 24.9 Å². The van der Waals surface area contributed by atoms with Gasteiger partial charge in [0.2, 0.25) is 0 Å². The lowest BCUT2D eigenvalue weighted by Gasteiger charge is -2.11. The maximum absolute atomic E-state index is 10.0. The molecule has 0 radical (unpaired) electrons. The maximum Gasteiger partial charge on any atom is 0.0820 e. The zero-order valence-electron chi connectivity index (χ0n) is 10.5. The van der Waals surface area contributed by atoms with Crippen LogP contribution in [0.4, 0.5) is 0 Å². The first-order valence-corrected chi connectivity index (χ1v) is 6.61.